The van der Waals surface area contributed by atoms with Crippen LogP contribution in [0.3, 0.4) is 0 Å². The SMILES string of the molecule is Cn1cnc2ccc(CC3(N)CC3)cc21. The maximum atomic E-state index is 6.11. The monoisotopic (exact) mass is 201 g/mol. The van der Waals surface area contributed by atoms with E-state index < -0.39 is 0 Å². The molecule has 3 rings (SSSR count). The third-order valence-electron chi connectivity index (χ3n) is 3.24. The number of hydrogen-bond acceptors (Lipinski definition) is 2. The van der Waals surface area contributed by atoms with Crippen LogP contribution in [0.2, 0.25) is 0 Å². The summed E-state index contributed by atoms with van der Waals surface area (Å²) in [5.74, 6) is 0. The van der Waals surface area contributed by atoms with Crippen molar-refractivity contribution < 1.29 is 0 Å². The second kappa shape index (κ2) is 2.83. The second-order valence-corrected chi connectivity index (χ2v) is 4.72. The Morgan fingerprint density at radius 2 is 2.27 bits per heavy atom. The highest BCUT2D eigenvalue weighted by Crippen LogP contribution is 2.35. The van der Waals surface area contributed by atoms with E-state index in [1.54, 1.807) is 0 Å². The molecule has 1 heterocycles. The standard InChI is InChI=1S/C12H15N3/c1-15-8-14-10-3-2-9(6-11(10)15)7-12(13)4-5-12/h2-3,6,8H,4-5,7,13H2,1H3. The van der Waals surface area contributed by atoms with Gasteiger partial charge in [-0.1, -0.05) is 6.07 Å². The predicted octanol–water partition coefficient (Wildman–Crippen LogP) is 1.61. The normalized spacial score (nSPS) is 18.3. The molecule has 78 valence electrons. The van der Waals surface area contributed by atoms with Crippen LogP contribution in [0.15, 0.2) is 24.5 Å². The van der Waals surface area contributed by atoms with E-state index in [0.717, 1.165) is 24.8 Å². The van der Waals surface area contributed by atoms with Crippen LogP contribution < -0.4 is 5.73 Å². The molecule has 0 spiro atoms. The second-order valence-electron chi connectivity index (χ2n) is 4.72. The molecule has 2 aromatic rings. The summed E-state index contributed by atoms with van der Waals surface area (Å²) in [6, 6.07) is 6.42. The zero-order valence-electron chi connectivity index (χ0n) is 8.90. The maximum Gasteiger partial charge on any atom is 0.0955 e. The van der Waals surface area contributed by atoms with Crippen molar-refractivity contribution in [3.8, 4) is 0 Å². The van der Waals surface area contributed by atoms with Crippen molar-refractivity contribution in [3.63, 3.8) is 0 Å². The highest BCUT2D eigenvalue weighted by molar-refractivity contribution is 5.76. The van der Waals surface area contributed by atoms with Crippen molar-refractivity contribution in [3.05, 3.63) is 30.1 Å². The number of aromatic nitrogens is 2. The van der Waals surface area contributed by atoms with Crippen LogP contribution in [-0.4, -0.2) is 15.1 Å². The van der Waals surface area contributed by atoms with Crippen molar-refractivity contribution in [2.45, 2.75) is 24.8 Å². The first-order chi connectivity index (χ1) is 7.16. The van der Waals surface area contributed by atoms with Crippen molar-refractivity contribution in [2.75, 3.05) is 0 Å². The van der Waals surface area contributed by atoms with Crippen LogP contribution in [0.5, 0.6) is 0 Å². The molecule has 0 aliphatic heterocycles. The maximum absolute atomic E-state index is 6.11. The van der Waals surface area contributed by atoms with Crippen LogP contribution in [0.25, 0.3) is 11.0 Å². The summed E-state index contributed by atoms with van der Waals surface area (Å²) >= 11 is 0. The first-order valence-corrected chi connectivity index (χ1v) is 5.35. The van der Waals surface area contributed by atoms with E-state index in [1.165, 1.54) is 11.1 Å². The van der Waals surface area contributed by atoms with Crippen LogP contribution in [0.4, 0.5) is 0 Å². The van der Waals surface area contributed by atoms with Crippen LogP contribution in [-0.2, 0) is 13.5 Å². The van der Waals surface area contributed by atoms with Gasteiger partial charge in [-0.15, -0.1) is 0 Å². The smallest absolute Gasteiger partial charge is 0.0955 e. The van der Waals surface area contributed by atoms with Gasteiger partial charge in [0.05, 0.1) is 17.4 Å². The van der Waals surface area contributed by atoms with Crippen LogP contribution >= 0.6 is 0 Å². The van der Waals surface area contributed by atoms with E-state index in [1.807, 2.05) is 13.4 Å². The summed E-state index contributed by atoms with van der Waals surface area (Å²) in [5, 5.41) is 0. The first-order valence-electron chi connectivity index (χ1n) is 5.35. The lowest BCUT2D eigenvalue weighted by Gasteiger charge is -2.08. The van der Waals surface area contributed by atoms with Crippen molar-refractivity contribution >= 4 is 11.0 Å². The molecular formula is C12H15N3. The van der Waals surface area contributed by atoms with Crippen LogP contribution in [0.1, 0.15) is 18.4 Å². The molecule has 1 fully saturated rings. The third-order valence-corrected chi connectivity index (χ3v) is 3.24. The van der Waals surface area contributed by atoms with Crippen molar-refractivity contribution in [1.82, 2.24) is 9.55 Å². The Morgan fingerprint density at radius 3 is 3.00 bits per heavy atom. The fourth-order valence-electron chi connectivity index (χ4n) is 2.03. The summed E-state index contributed by atoms with van der Waals surface area (Å²) in [5.41, 5.74) is 9.78. The Morgan fingerprint density at radius 1 is 1.47 bits per heavy atom. The summed E-state index contributed by atoms with van der Waals surface area (Å²) in [7, 11) is 2.02. The molecule has 15 heavy (non-hydrogen) atoms. The number of fused-ring (bicyclic) bond motifs is 1. The lowest BCUT2D eigenvalue weighted by Crippen LogP contribution is -2.24. The molecule has 0 atom stereocenters. The number of nitrogens with zero attached hydrogens (tertiary/aromatic N) is 2. The molecular weight excluding hydrogens is 186 g/mol. The Kier molecular flexibility index (Phi) is 1.68. The molecule has 1 saturated carbocycles. The van der Waals surface area contributed by atoms with Gasteiger partial charge in [0.1, 0.15) is 0 Å². The Labute approximate surface area is 88.9 Å². The molecule has 0 saturated heterocycles. The molecule has 0 unspecified atom stereocenters. The van der Waals surface area contributed by atoms with Gasteiger partial charge >= 0.3 is 0 Å². The summed E-state index contributed by atoms with van der Waals surface area (Å²) in [4.78, 5) is 4.30. The van der Waals surface area contributed by atoms with Gasteiger partial charge in [0.25, 0.3) is 0 Å². The van der Waals surface area contributed by atoms with Crippen molar-refractivity contribution in [1.29, 1.82) is 0 Å². The fraction of sp³-hybridized carbons (Fsp3) is 0.417. The molecule has 1 aromatic carbocycles. The summed E-state index contributed by atoms with van der Waals surface area (Å²) in [6.45, 7) is 0. The fourth-order valence-corrected chi connectivity index (χ4v) is 2.03. The number of hydrogen-bond donors (Lipinski definition) is 1. The minimum atomic E-state index is 0.0896. The molecule has 1 aliphatic rings. The number of aryl methyl sites for hydroxylation is 1. The van der Waals surface area contributed by atoms with E-state index in [4.69, 9.17) is 5.73 Å². The minimum absolute atomic E-state index is 0.0896. The molecule has 1 aliphatic carbocycles. The third kappa shape index (κ3) is 1.53. The van der Waals surface area contributed by atoms with Gasteiger partial charge in [-0.25, -0.2) is 4.98 Å². The van der Waals surface area contributed by atoms with E-state index in [9.17, 15) is 0 Å². The van der Waals surface area contributed by atoms with E-state index in [2.05, 4.69) is 27.8 Å². The minimum Gasteiger partial charge on any atom is -0.334 e. The Bertz CT molecular complexity index is 509. The number of imidazole rings is 1. The number of nitrogens with two attached hydrogens (primary N) is 1. The molecule has 0 bridgehead atoms. The quantitative estimate of drug-likeness (QED) is 0.802. The number of rotatable bonds is 2. The molecule has 2 N–H and O–H groups in total. The van der Waals surface area contributed by atoms with E-state index in [0.29, 0.717) is 0 Å². The largest absolute Gasteiger partial charge is 0.334 e. The number of benzene rings is 1. The summed E-state index contributed by atoms with van der Waals surface area (Å²) in [6.07, 6.45) is 5.17. The lowest BCUT2D eigenvalue weighted by molar-refractivity contribution is 0.672. The summed E-state index contributed by atoms with van der Waals surface area (Å²) < 4.78 is 2.05. The van der Waals surface area contributed by atoms with Gasteiger partial charge in [0.2, 0.25) is 0 Å². The molecule has 0 radical (unpaired) electrons. The zero-order valence-corrected chi connectivity index (χ0v) is 8.90. The van der Waals surface area contributed by atoms with Crippen molar-refractivity contribution in [2.24, 2.45) is 12.8 Å². The molecule has 1 aromatic heterocycles. The molecule has 0 amide bonds. The Balaban J connectivity index is 2.01. The Hall–Kier alpha value is -1.35. The topological polar surface area (TPSA) is 43.8 Å². The average molecular weight is 201 g/mol. The van der Waals surface area contributed by atoms with Gasteiger partial charge in [0, 0.05) is 12.6 Å². The van der Waals surface area contributed by atoms with E-state index in [-0.39, 0.29) is 5.54 Å². The predicted molar refractivity (Wildman–Crippen MR) is 60.6 cm³/mol. The molecule has 3 heteroatoms. The van der Waals surface area contributed by atoms with Gasteiger partial charge in [0.15, 0.2) is 0 Å². The van der Waals surface area contributed by atoms with E-state index >= 15 is 0 Å². The zero-order chi connectivity index (χ0) is 10.5. The lowest BCUT2D eigenvalue weighted by atomic mass is 10.0. The van der Waals surface area contributed by atoms with Gasteiger partial charge < -0.3 is 10.3 Å². The highest BCUT2D eigenvalue weighted by Gasteiger charge is 2.37. The van der Waals surface area contributed by atoms with Gasteiger partial charge in [-0.2, -0.15) is 0 Å². The van der Waals surface area contributed by atoms with Gasteiger partial charge in [-0.3, -0.25) is 0 Å². The highest BCUT2D eigenvalue weighted by atomic mass is 15.0. The van der Waals surface area contributed by atoms with Gasteiger partial charge in [-0.05, 0) is 37.0 Å². The average Bonchev–Trinajstić information content (AvgIpc) is 2.82. The first kappa shape index (κ1) is 8.92. The molecule has 3 nitrogen and oxygen atoms in total. The van der Waals surface area contributed by atoms with Crippen LogP contribution in [0, 0.1) is 0 Å².